The first-order valence-corrected chi connectivity index (χ1v) is 8.70. The van der Waals surface area contributed by atoms with Gasteiger partial charge in [-0.1, -0.05) is 11.6 Å². The molecule has 0 spiro atoms. The van der Waals surface area contributed by atoms with Crippen LogP contribution < -0.4 is 4.74 Å². The number of nitrogens with zero attached hydrogens (tertiary/aromatic N) is 3. The summed E-state index contributed by atoms with van der Waals surface area (Å²) in [7, 11) is 0. The summed E-state index contributed by atoms with van der Waals surface area (Å²) >= 11 is 11.1. The van der Waals surface area contributed by atoms with Crippen molar-refractivity contribution in [1.82, 2.24) is 14.9 Å². The minimum atomic E-state index is 0.290. The number of rotatable bonds is 6. The Kier molecular flexibility index (Phi) is 4.91. The first-order valence-electron chi connectivity index (χ1n) is 7.92. The molecule has 1 N–H and O–H groups in total. The van der Waals surface area contributed by atoms with Crippen molar-refractivity contribution in [3.05, 3.63) is 76.1 Å². The number of furan rings is 2. The highest BCUT2D eigenvalue weighted by atomic mass is 35.5. The van der Waals surface area contributed by atoms with Crippen molar-refractivity contribution in [2.24, 2.45) is 5.10 Å². The largest absolute Gasteiger partial charge is 0.486 e. The molecule has 9 heteroatoms. The lowest BCUT2D eigenvalue weighted by Crippen LogP contribution is -1.94. The van der Waals surface area contributed by atoms with Gasteiger partial charge in [-0.15, -0.1) is 5.10 Å². The van der Waals surface area contributed by atoms with Gasteiger partial charge in [0.25, 0.3) is 0 Å². The molecule has 0 saturated carbocycles. The molecule has 0 radical (unpaired) electrons. The van der Waals surface area contributed by atoms with Gasteiger partial charge < -0.3 is 13.6 Å². The molecule has 4 aromatic rings. The van der Waals surface area contributed by atoms with E-state index >= 15 is 0 Å². The molecule has 3 aromatic heterocycles. The van der Waals surface area contributed by atoms with Gasteiger partial charge in [0.1, 0.15) is 23.9 Å². The van der Waals surface area contributed by atoms with Crippen LogP contribution in [0.4, 0.5) is 0 Å². The van der Waals surface area contributed by atoms with Crippen LogP contribution in [0.1, 0.15) is 11.5 Å². The number of halogens is 1. The van der Waals surface area contributed by atoms with Gasteiger partial charge in [-0.05, 0) is 60.7 Å². The van der Waals surface area contributed by atoms with E-state index in [0.29, 0.717) is 38.6 Å². The van der Waals surface area contributed by atoms with Crippen LogP contribution in [0.2, 0.25) is 5.02 Å². The summed E-state index contributed by atoms with van der Waals surface area (Å²) in [5.41, 5.74) is 0. The van der Waals surface area contributed by atoms with Crippen molar-refractivity contribution in [3.63, 3.8) is 0 Å². The van der Waals surface area contributed by atoms with Gasteiger partial charge in [0, 0.05) is 5.02 Å². The number of H-pyrrole nitrogens is 1. The third-order valence-electron chi connectivity index (χ3n) is 3.57. The van der Waals surface area contributed by atoms with Crippen molar-refractivity contribution in [2.45, 2.75) is 6.61 Å². The highest BCUT2D eigenvalue weighted by Gasteiger charge is 2.10. The maximum absolute atomic E-state index is 5.85. The minimum absolute atomic E-state index is 0.290. The number of benzene rings is 1. The smallest absolute Gasteiger partial charge is 0.219 e. The van der Waals surface area contributed by atoms with Crippen LogP contribution in [-0.4, -0.2) is 21.1 Å². The second-order valence-corrected chi connectivity index (χ2v) is 6.26. The van der Waals surface area contributed by atoms with E-state index in [9.17, 15) is 0 Å². The number of aromatic nitrogens is 3. The number of hydrogen-bond donors (Lipinski definition) is 1. The van der Waals surface area contributed by atoms with Crippen molar-refractivity contribution in [1.29, 1.82) is 0 Å². The lowest BCUT2D eigenvalue weighted by molar-refractivity contribution is 0.270. The molecule has 0 saturated heterocycles. The van der Waals surface area contributed by atoms with E-state index in [-0.39, 0.29) is 6.61 Å². The fourth-order valence-corrected chi connectivity index (χ4v) is 2.61. The summed E-state index contributed by atoms with van der Waals surface area (Å²) in [4.78, 5) is 0. The molecule has 136 valence electrons. The maximum atomic E-state index is 5.85. The van der Waals surface area contributed by atoms with E-state index in [0.717, 1.165) is 0 Å². The summed E-state index contributed by atoms with van der Waals surface area (Å²) in [6.07, 6.45) is 3.10. The number of aromatic amines is 1. The average molecular weight is 401 g/mol. The van der Waals surface area contributed by atoms with Crippen LogP contribution in [0.25, 0.3) is 11.6 Å². The van der Waals surface area contributed by atoms with E-state index in [2.05, 4.69) is 15.3 Å². The fourth-order valence-electron chi connectivity index (χ4n) is 2.31. The SMILES string of the molecule is S=c1[nH]nc(-c2ccco2)n1/N=C/c1ccc(COc2ccc(Cl)cc2)o1. The first-order chi connectivity index (χ1) is 13.2. The van der Waals surface area contributed by atoms with Crippen LogP contribution >= 0.6 is 23.8 Å². The van der Waals surface area contributed by atoms with Gasteiger partial charge in [0.05, 0.1) is 12.5 Å². The molecule has 0 unspecified atom stereocenters. The molecule has 0 atom stereocenters. The Morgan fingerprint density at radius 3 is 2.85 bits per heavy atom. The summed E-state index contributed by atoms with van der Waals surface area (Å²) < 4.78 is 18.5. The Bertz CT molecular complexity index is 1110. The lowest BCUT2D eigenvalue weighted by atomic mass is 10.3. The number of nitrogens with one attached hydrogen (secondary N) is 1. The van der Waals surface area contributed by atoms with Crippen molar-refractivity contribution < 1.29 is 13.6 Å². The van der Waals surface area contributed by atoms with Crippen LogP contribution in [0.3, 0.4) is 0 Å². The van der Waals surface area contributed by atoms with Crippen LogP contribution in [0, 0.1) is 4.77 Å². The van der Waals surface area contributed by atoms with Crippen LogP contribution in [0.5, 0.6) is 5.75 Å². The fraction of sp³-hybridized carbons (Fsp3) is 0.0556. The zero-order valence-electron chi connectivity index (χ0n) is 13.8. The highest BCUT2D eigenvalue weighted by Crippen LogP contribution is 2.19. The van der Waals surface area contributed by atoms with Crippen molar-refractivity contribution in [3.8, 4) is 17.3 Å². The summed E-state index contributed by atoms with van der Waals surface area (Å²) in [5, 5.41) is 11.8. The third kappa shape index (κ3) is 4.02. The van der Waals surface area contributed by atoms with Gasteiger partial charge in [-0.2, -0.15) is 9.78 Å². The zero-order chi connectivity index (χ0) is 18.6. The summed E-state index contributed by atoms with van der Waals surface area (Å²) in [6, 6.07) is 14.3. The van der Waals surface area contributed by atoms with E-state index in [1.54, 1.807) is 54.9 Å². The second kappa shape index (κ2) is 7.65. The van der Waals surface area contributed by atoms with Crippen LogP contribution in [0.15, 0.2) is 68.7 Å². The zero-order valence-corrected chi connectivity index (χ0v) is 15.4. The Hall–Kier alpha value is -3.10. The molecular formula is C18H13ClN4O3S. The Labute approximate surface area is 163 Å². The molecule has 0 fully saturated rings. The van der Waals surface area contributed by atoms with Gasteiger partial charge >= 0.3 is 0 Å². The molecule has 7 nitrogen and oxygen atoms in total. The Balaban J connectivity index is 1.46. The molecule has 0 aliphatic heterocycles. The number of hydrogen-bond acceptors (Lipinski definition) is 6. The van der Waals surface area contributed by atoms with Gasteiger partial charge in [-0.25, -0.2) is 5.10 Å². The Morgan fingerprint density at radius 2 is 2.07 bits per heavy atom. The summed E-state index contributed by atoms with van der Waals surface area (Å²) in [5.74, 6) is 2.94. The normalized spacial score (nSPS) is 11.3. The van der Waals surface area contributed by atoms with E-state index in [4.69, 9.17) is 37.4 Å². The average Bonchev–Trinajstić information content (AvgIpc) is 3.41. The first kappa shape index (κ1) is 17.3. The van der Waals surface area contributed by atoms with E-state index < -0.39 is 0 Å². The monoisotopic (exact) mass is 400 g/mol. The molecule has 4 rings (SSSR count). The molecule has 0 aliphatic rings. The van der Waals surface area contributed by atoms with E-state index in [1.165, 1.54) is 4.68 Å². The molecule has 0 amide bonds. The molecule has 3 heterocycles. The third-order valence-corrected chi connectivity index (χ3v) is 4.09. The maximum Gasteiger partial charge on any atom is 0.219 e. The van der Waals surface area contributed by atoms with Gasteiger partial charge in [-0.3, -0.25) is 0 Å². The van der Waals surface area contributed by atoms with Crippen molar-refractivity contribution in [2.75, 3.05) is 0 Å². The quantitative estimate of drug-likeness (QED) is 0.367. The van der Waals surface area contributed by atoms with Crippen LogP contribution in [-0.2, 0) is 6.61 Å². The summed E-state index contributed by atoms with van der Waals surface area (Å²) in [6.45, 7) is 0.290. The van der Waals surface area contributed by atoms with Gasteiger partial charge in [0.15, 0.2) is 5.76 Å². The Morgan fingerprint density at radius 1 is 1.22 bits per heavy atom. The van der Waals surface area contributed by atoms with Gasteiger partial charge in [0.2, 0.25) is 10.6 Å². The molecular weight excluding hydrogens is 388 g/mol. The molecule has 0 aliphatic carbocycles. The lowest BCUT2D eigenvalue weighted by Gasteiger charge is -2.03. The minimum Gasteiger partial charge on any atom is -0.486 e. The van der Waals surface area contributed by atoms with E-state index in [1.807, 2.05) is 6.07 Å². The predicted octanol–water partition coefficient (Wildman–Crippen LogP) is 4.91. The highest BCUT2D eigenvalue weighted by molar-refractivity contribution is 7.71. The standard InChI is InChI=1S/C18H13ClN4O3S/c19-12-3-5-13(6-4-12)25-11-15-8-7-14(26-15)10-20-23-17(21-22-18(23)27)16-2-1-9-24-16/h1-10H,11H2,(H,22,27)/b20-10+. The second-order valence-electron chi connectivity index (χ2n) is 5.43. The number of ether oxygens (including phenoxy) is 1. The molecule has 1 aromatic carbocycles. The predicted molar refractivity (Wildman–Crippen MR) is 103 cm³/mol. The molecule has 27 heavy (non-hydrogen) atoms. The topological polar surface area (TPSA) is 81.5 Å². The molecule has 0 bridgehead atoms. The van der Waals surface area contributed by atoms with Crippen molar-refractivity contribution >= 4 is 30.0 Å².